The molecule has 38 heavy (non-hydrogen) atoms. The molecule has 0 amide bonds. The molecule has 0 aliphatic carbocycles. The van der Waals surface area contributed by atoms with Gasteiger partial charge in [0.25, 0.3) is 0 Å². The van der Waals surface area contributed by atoms with Gasteiger partial charge in [0.15, 0.2) is 5.60 Å². The van der Waals surface area contributed by atoms with E-state index in [1.54, 1.807) is 54.0 Å². The number of benzene rings is 2. The SMILES string of the molecule is O=S(=O)(N1CCC(Nc2cnnc3ccc(C(O)(c4ccc(Cl)cc4)c4nccs4)cc23)CC1)C(F)(F)F. The molecule has 0 bridgehead atoms. The molecule has 2 aromatic heterocycles. The van der Waals surface area contributed by atoms with Crippen LogP contribution in [0.2, 0.25) is 5.02 Å². The number of fused-ring (bicyclic) bond motifs is 1. The lowest BCUT2D eigenvalue weighted by Crippen LogP contribution is -2.47. The number of nitrogens with one attached hydrogen (secondary N) is 1. The molecule has 1 aliphatic rings. The van der Waals surface area contributed by atoms with Crippen LogP contribution in [0.25, 0.3) is 10.9 Å². The van der Waals surface area contributed by atoms with E-state index in [-0.39, 0.29) is 32.0 Å². The Morgan fingerprint density at radius 1 is 1.08 bits per heavy atom. The van der Waals surface area contributed by atoms with E-state index >= 15 is 0 Å². The summed E-state index contributed by atoms with van der Waals surface area (Å²) in [4.78, 5) is 4.36. The predicted octanol–water partition coefficient (Wildman–Crippen LogP) is 4.75. The van der Waals surface area contributed by atoms with Gasteiger partial charge >= 0.3 is 15.5 Å². The molecule has 200 valence electrons. The summed E-state index contributed by atoms with van der Waals surface area (Å²) < 4.78 is 62.7. The second-order valence-corrected chi connectivity index (χ2v) is 12.1. The maximum atomic E-state index is 12.9. The zero-order chi connectivity index (χ0) is 27.1. The average Bonchev–Trinajstić information content (AvgIpc) is 3.44. The number of aromatic nitrogens is 3. The topological polar surface area (TPSA) is 108 Å². The van der Waals surface area contributed by atoms with E-state index in [2.05, 4.69) is 20.5 Å². The summed E-state index contributed by atoms with van der Waals surface area (Å²) in [7, 11) is -5.36. The van der Waals surface area contributed by atoms with Gasteiger partial charge in [0.2, 0.25) is 0 Å². The van der Waals surface area contributed by atoms with Crippen molar-refractivity contribution < 1.29 is 26.7 Å². The molecular weight excluding hydrogens is 563 g/mol. The molecule has 0 radical (unpaired) electrons. The second kappa shape index (κ2) is 10.0. The third kappa shape index (κ3) is 4.84. The Morgan fingerprint density at radius 3 is 2.39 bits per heavy atom. The normalized spacial score (nSPS) is 17.4. The van der Waals surface area contributed by atoms with Gasteiger partial charge in [0.05, 0.1) is 17.4 Å². The fourth-order valence-corrected chi connectivity index (χ4v) is 6.40. The number of aliphatic hydroxyl groups is 1. The van der Waals surface area contributed by atoms with Gasteiger partial charge in [-0.25, -0.2) is 13.4 Å². The van der Waals surface area contributed by atoms with Crippen molar-refractivity contribution in [1.82, 2.24) is 19.5 Å². The van der Waals surface area contributed by atoms with Gasteiger partial charge < -0.3 is 10.4 Å². The smallest absolute Gasteiger partial charge is 0.380 e. The third-order valence-electron chi connectivity index (χ3n) is 6.51. The molecule has 2 aromatic carbocycles. The Bertz CT molecular complexity index is 1550. The maximum Gasteiger partial charge on any atom is 0.511 e. The summed E-state index contributed by atoms with van der Waals surface area (Å²) in [5, 5.41) is 26.9. The van der Waals surface area contributed by atoms with E-state index in [0.29, 0.717) is 42.1 Å². The first-order valence-corrected chi connectivity index (χ1v) is 14.2. The van der Waals surface area contributed by atoms with Crippen LogP contribution in [-0.2, 0) is 15.6 Å². The molecule has 1 unspecified atom stereocenters. The van der Waals surface area contributed by atoms with Crippen molar-refractivity contribution in [2.75, 3.05) is 18.4 Å². The van der Waals surface area contributed by atoms with Gasteiger partial charge in [-0.15, -0.1) is 11.3 Å². The highest BCUT2D eigenvalue weighted by Gasteiger charge is 2.50. The number of rotatable bonds is 6. The average molecular weight is 584 g/mol. The number of alkyl halides is 3. The Labute approximate surface area is 225 Å². The zero-order valence-electron chi connectivity index (χ0n) is 19.6. The minimum absolute atomic E-state index is 0.173. The number of halogens is 4. The highest BCUT2D eigenvalue weighted by molar-refractivity contribution is 7.90. The lowest BCUT2D eigenvalue weighted by molar-refractivity contribution is -0.0494. The molecule has 1 saturated heterocycles. The molecule has 5 rings (SSSR count). The number of thiazole rings is 1. The maximum absolute atomic E-state index is 12.9. The summed E-state index contributed by atoms with van der Waals surface area (Å²) in [6, 6.07) is 11.7. The fraction of sp³-hybridized carbons (Fsp3) is 0.292. The van der Waals surface area contributed by atoms with Crippen LogP contribution in [-0.4, -0.2) is 57.7 Å². The number of anilines is 1. The molecular formula is C24H21ClF3N5O3S2. The predicted molar refractivity (Wildman–Crippen MR) is 138 cm³/mol. The van der Waals surface area contributed by atoms with Gasteiger partial charge in [-0.2, -0.15) is 27.7 Å². The van der Waals surface area contributed by atoms with Gasteiger partial charge in [-0.3, -0.25) is 0 Å². The summed E-state index contributed by atoms with van der Waals surface area (Å²) in [6.07, 6.45) is 3.45. The Kier molecular flexibility index (Phi) is 7.07. The number of nitrogens with zero attached hydrogens (tertiary/aromatic N) is 4. The van der Waals surface area contributed by atoms with E-state index < -0.39 is 21.1 Å². The van der Waals surface area contributed by atoms with Crippen molar-refractivity contribution >= 4 is 49.6 Å². The third-order valence-corrected chi connectivity index (χ3v) is 9.27. The van der Waals surface area contributed by atoms with Crippen molar-refractivity contribution in [1.29, 1.82) is 0 Å². The van der Waals surface area contributed by atoms with E-state index in [1.165, 1.54) is 17.5 Å². The molecule has 0 spiro atoms. The van der Waals surface area contributed by atoms with Crippen molar-refractivity contribution in [3.8, 4) is 0 Å². The van der Waals surface area contributed by atoms with Crippen LogP contribution in [0, 0.1) is 0 Å². The largest absolute Gasteiger partial charge is 0.511 e. The van der Waals surface area contributed by atoms with Crippen LogP contribution < -0.4 is 5.32 Å². The first kappa shape index (κ1) is 26.8. The van der Waals surface area contributed by atoms with Crippen LogP contribution in [0.3, 0.4) is 0 Å². The zero-order valence-corrected chi connectivity index (χ0v) is 21.9. The van der Waals surface area contributed by atoms with Gasteiger partial charge in [-0.1, -0.05) is 29.8 Å². The Morgan fingerprint density at radius 2 is 1.76 bits per heavy atom. The number of hydrogen-bond donors (Lipinski definition) is 2. The van der Waals surface area contributed by atoms with Crippen LogP contribution in [0.1, 0.15) is 29.0 Å². The second-order valence-electron chi connectivity index (χ2n) is 8.81. The molecule has 8 nitrogen and oxygen atoms in total. The monoisotopic (exact) mass is 583 g/mol. The molecule has 1 atom stereocenters. The minimum atomic E-state index is -5.36. The first-order chi connectivity index (χ1) is 18.0. The van der Waals surface area contributed by atoms with Gasteiger partial charge in [-0.05, 0) is 48.2 Å². The molecule has 0 saturated carbocycles. The summed E-state index contributed by atoms with van der Waals surface area (Å²) in [5.41, 5.74) is -4.74. The summed E-state index contributed by atoms with van der Waals surface area (Å²) >= 11 is 7.36. The van der Waals surface area contributed by atoms with Crippen LogP contribution >= 0.6 is 22.9 Å². The molecule has 2 N–H and O–H groups in total. The van der Waals surface area contributed by atoms with E-state index in [1.807, 2.05) is 0 Å². The number of sulfonamides is 1. The Balaban J connectivity index is 1.47. The molecule has 14 heteroatoms. The van der Waals surface area contributed by atoms with Gasteiger partial charge in [0.1, 0.15) is 5.01 Å². The fourth-order valence-electron chi connectivity index (χ4n) is 4.51. The lowest BCUT2D eigenvalue weighted by atomic mass is 9.86. The summed E-state index contributed by atoms with van der Waals surface area (Å²) in [5.74, 6) is 0. The van der Waals surface area contributed by atoms with Crippen molar-refractivity contribution in [2.24, 2.45) is 0 Å². The molecule has 1 aliphatic heterocycles. The molecule has 4 aromatic rings. The van der Waals surface area contributed by atoms with Crippen molar-refractivity contribution in [2.45, 2.75) is 30.0 Å². The van der Waals surface area contributed by atoms with Crippen LogP contribution in [0.15, 0.2) is 60.2 Å². The quantitative estimate of drug-likeness (QED) is 0.337. The van der Waals surface area contributed by atoms with Crippen molar-refractivity contribution in [3.63, 3.8) is 0 Å². The highest BCUT2D eigenvalue weighted by atomic mass is 35.5. The van der Waals surface area contributed by atoms with E-state index in [0.717, 1.165) is 0 Å². The summed E-state index contributed by atoms with van der Waals surface area (Å²) in [6.45, 7) is -0.525. The van der Waals surface area contributed by atoms with Crippen LogP contribution in [0.4, 0.5) is 18.9 Å². The highest BCUT2D eigenvalue weighted by Crippen LogP contribution is 2.40. The number of piperidine rings is 1. The van der Waals surface area contributed by atoms with Crippen molar-refractivity contribution in [3.05, 3.63) is 81.4 Å². The number of hydrogen-bond acceptors (Lipinski definition) is 8. The van der Waals surface area contributed by atoms with Crippen LogP contribution in [0.5, 0.6) is 0 Å². The standard InChI is InChI=1S/C24H21ClF3N5O3S2/c25-17-4-1-15(2-5-17)23(34,22-29-9-12-37-22)16-3-6-20-19(13-16)21(14-30-32-20)31-18-7-10-33(11-8-18)38(35,36)24(26,27)28/h1-6,9,12-14,18,34H,7-8,10-11H2,(H,31,32). The molecule has 1 fully saturated rings. The van der Waals surface area contributed by atoms with E-state index in [4.69, 9.17) is 11.6 Å². The lowest BCUT2D eigenvalue weighted by Gasteiger charge is -2.32. The first-order valence-electron chi connectivity index (χ1n) is 11.5. The molecule has 3 heterocycles. The minimum Gasteiger partial charge on any atom is -0.380 e. The van der Waals surface area contributed by atoms with Gasteiger partial charge in [0, 0.05) is 41.1 Å². The van der Waals surface area contributed by atoms with E-state index in [9.17, 15) is 26.7 Å². The Hall–Kier alpha value is -2.84.